The lowest BCUT2D eigenvalue weighted by molar-refractivity contribution is -0.136. The molecule has 300 valence electrons. The Kier molecular flexibility index (Phi) is 10.3. The number of hydrogen-bond acceptors (Lipinski definition) is 10. The molecule has 14 heteroatoms. The predicted molar refractivity (Wildman–Crippen MR) is 216 cm³/mol. The molecule has 4 atom stereocenters. The first kappa shape index (κ1) is 38.1. The number of ether oxygens (including phenoxy) is 1. The third kappa shape index (κ3) is 7.28. The van der Waals surface area contributed by atoms with Crippen molar-refractivity contribution in [3.8, 4) is 11.8 Å². The molecule has 5 amide bonds. The molecule has 3 aromatic rings. The molecule has 5 saturated heterocycles. The van der Waals surface area contributed by atoms with Gasteiger partial charge >= 0.3 is 0 Å². The van der Waals surface area contributed by atoms with Gasteiger partial charge in [0.15, 0.2) is 0 Å². The van der Waals surface area contributed by atoms with Crippen LogP contribution in [0.4, 0.5) is 11.4 Å². The molecule has 2 bridgehead atoms. The van der Waals surface area contributed by atoms with E-state index in [9.17, 15) is 29.2 Å². The van der Waals surface area contributed by atoms with Gasteiger partial charge in [0.1, 0.15) is 24.0 Å². The molecule has 58 heavy (non-hydrogen) atoms. The largest absolute Gasteiger partial charge is 0.490 e. The minimum Gasteiger partial charge on any atom is -0.490 e. The molecule has 1 N–H and O–H groups in total. The van der Waals surface area contributed by atoms with Gasteiger partial charge in [0.05, 0.1) is 21.7 Å². The van der Waals surface area contributed by atoms with Crippen LogP contribution in [-0.2, 0) is 9.59 Å². The Balaban J connectivity index is 0.730. The summed E-state index contributed by atoms with van der Waals surface area (Å²) in [4.78, 5) is 74.6. The first-order valence-electron chi connectivity index (χ1n) is 20.5. The fourth-order valence-corrected chi connectivity index (χ4v) is 10.2. The van der Waals surface area contributed by atoms with Crippen LogP contribution in [0.2, 0.25) is 5.02 Å². The summed E-state index contributed by atoms with van der Waals surface area (Å²) in [7, 11) is 0. The number of hydrogen-bond donors (Lipinski definition) is 1. The molecular formula is C44H46ClN7O6. The van der Waals surface area contributed by atoms with Crippen molar-refractivity contribution in [2.45, 2.75) is 75.6 Å². The molecule has 13 nitrogen and oxygen atoms in total. The Morgan fingerprint density at radius 1 is 0.776 bits per heavy atom. The number of fused-ring (bicyclic) bond motifs is 3. The highest BCUT2D eigenvalue weighted by Crippen LogP contribution is 2.39. The average Bonchev–Trinajstić information content (AvgIpc) is 3.65. The number of carbonyl (C=O) groups is 5. The first-order valence-corrected chi connectivity index (χ1v) is 20.9. The molecular weight excluding hydrogens is 758 g/mol. The second-order valence-electron chi connectivity index (χ2n) is 16.5. The Morgan fingerprint density at radius 2 is 1.45 bits per heavy atom. The summed E-state index contributed by atoms with van der Waals surface area (Å²) >= 11 is 6.22. The Hall–Kier alpha value is -5.45. The number of halogens is 1. The summed E-state index contributed by atoms with van der Waals surface area (Å²) in [6.45, 7) is 6.54. The number of piperidine rings is 3. The number of carbonyl (C=O) groups excluding carboxylic acids is 5. The van der Waals surface area contributed by atoms with Gasteiger partial charge in [-0.3, -0.25) is 39.1 Å². The molecule has 0 aliphatic carbocycles. The van der Waals surface area contributed by atoms with Crippen molar-refractivity contribution in [3.63, 3.8) is 0 Å². The SMILES string of the molecule is N#Cc1ccc(OC2C[C@H]3CC[C@@H](C2)N3C(=O)c2ccc(N3CCN(CC4CCN(c5ccc6c(c5)C(=O)N(C5CCC(=O)NC5=O)C6=O)CC4)CC3)cc2)cc1Cl. The summed E-state index contributed by atoms with van der Waals surface area (Å²) in [5.41, 5.74) is 3.80. The number of nitrogens with zero attached hydrogens (tertiary/aromatic N) is 6. The highest BCUT2D eigenvalue weighted by molar-refractivity contribution is 6.31. The van der Waals surface area contributed by atoms with E-state index in [-0.39, 0.29) is 42.8 Å². The monoisotopic (exact) mass is 803 g/mol. The molecule has 2 unspecified atom stereocenters. The molecule has 3 aromatic carbocycles. The van der Waals surface area contributed by atoms with Gasteiger partial charge in [-0.25, -0.2) is 0 Å². The van der Waals surface area contributed by atoms with Crippen molar-refractivity contribution in [3.05, 3.63) is 87.9 Å². The average molecular weight is 804 g/mol. The van der Waals surface area contributed by atoms with Gasteiger partial charge < -0.3 is 19.4 Å². The van der Waals surface area contributed by atoms with E-state index in [1.165, 1.54) is 0 Å². The van der Waals surface area contributed by atoms with Crippen LogP contribution < -0.4 is 19.9 Å². The third-order valence-electron chi connectivity index (χ3n) is 13.1. The van der Waals surface area contributed by atoms with E-state index in [0.717, 1.165) is 106 Å². The van der Waals surface area contributed by atoms with Crippen molar-refractivity contribution in [2.24, 2.45) is 5.92 Å². The van der Waals surface area contributed by atoms with Crippen LogP contribution in [0, 0.1) is 17.2 Å². The molecule has 6 aliphatic rings. The van der Waals surface area contributed by atoms with E-state index < -0.39 is 23.8 Å². The lowest BCUT2D eigenvalue weighted by Crippen LogP contribution is -2.54. The summed E-state index contributed by atoms with van der Waals surface area (Å²) in [6.07, 6.45) is 5.78. The van der Waals surface area contributed by atoms with Gasteiger partial charge in [-0.15, -0.1) is 0 Å². The number of piperazine rings is 1. The topological polar surface area (TPSA) is 147 Å². The van der Waals surface area contributed by atoms with Crippen LogP contribution in [-0.4, -0.2) is 114 Å². The molecule has 0 radical (unpaired) electrons. The van der Waals surface area contributed by atoms with E-state index in [4.69, 9.17) is 16.3 Å². The molecule has 0 aromatic heterocycles. The van der Waals surface area contributed by atoms with E-state index >= 15 is 0 Å². The van der Waals surface area contributed by atoms with Gasteiger partial charge in [-0.1, -0.05) is 11.6 Å². The van der Waals surface area contributed by atoms with Gasteiger partial charge in [-0.2, -0.15) is 5.26 Å². The maximum atomic E-state index is 13.8. The zero-order valence-electron chi connectivity index (χ0n) is 32.3. The molecule has 9 rings (SSSR count). The van der Waals surface area contributed by atoms with Crippen molar-refractivity contribution in [2.75, 3.05) is 55.6 Å². The number of amides is 5. The van der Waals surface area contributed by atoms with Crippen molar-refractivity contribution >= 4 is 52.5 Å². The van der Waals surface area contributed by atoms with Crippen molar-refractivity contribution in [1.82, 2.24) is 20.0 Å². The smallest absolute Gasteiger partial charge is 0.262 e. The first-order chi connectivity index (χ1) is 28.1. The zero-order chi connectivity index (χ0) is 40.1. The van der Waals surface area contributed by atoms with Crippen LogP contribution in [0.3, 0.4) is 0 Å². The number of nitrogens with one attached hydrogen (secondary N) is 1. The number of nitriles is 1. The normalized spacial score (nSPS) is 25.2. The van der Waals surface area contributed by atoms with Gasteiger partial charge in [0.25, 0.3) is 17.7 Å². The van der Waals surface area contributed by atoms with Gasteiger partial charge in [0.2, 0.25) is 11.8 Å². The molecule has 0 saturated carbocycles. The maximum Gasteiger partial charge on any atom is 0.262 e. The second kappa shape index (κ2) is 15.7. The molecule has 5 fully saturated rings. The fraction of sp³-hybridized carbons (Fsp3) is 0.455. The summed E-state index contributed by atoms with van der Waals surface area (Å²) in [5, 5.41) is 11.8. The van der Waals surface area contributed by atoms with E-state index in [2.05, 4.69) is 43.1 Å². The Morgan fingerprint density at radius 3 is 2.12 bits per heavy atom. The van der Waals surface area contributed by atoms with Crippen LogP contribution in [0.15, 0.2) is 60.7 Å². The number of imide groups is 2. The Labute approximate surface area is 342 Å². The van der Waals surface area contributed by atoms with E-state index in [1.54, 1.807) is 30.3 Å². The molecule has 0 spiro atoms. The standard InChI is InChI=1S/C44H46ClN7O6/c45-38-24-34(9-3-29(38)25-46)58-35-21-32-6-7-33(22-35)51(32)42(55)28-1-4-30(5-2-28)50-19-17-48(18-20-50)26-27-13-15-49(16-14-27)31-8-10-36-37(23-31)44(57)52(43(36)56)39-11-12-40(53)47-41(39)54/h1-5,8-10,23-24,27,32-33,35,39H,6-7,11-22,26H2,(H,47,53,54)/t32-,33+,35?,39?. The van der Waals surface area contributed by atoms with Crippen molar-refractivity contribution < 1.29 is 28.7 Å². The number of benzene rings is 3. The summed E-state index contributed by atoms with van der Waals surface area (Å²) < 4.78 is 6.27. The predicted octanol–water partition coefficient (Wildman–Crippen LogP) is 4.87. The summed E-state index contributed by atoms with van der Waals surface area (Å²) in [5.74, 6) is -0.646. The van der Waals surface area contributed by atoms with Gasteiger partial charge in [0, 0.05) is 100 Å². The van der Waals surface area contributed by atoms with E-state index in [1.807, 2.05) is 18.2 Å². The van der Waals surface area contributed by atoms with Crippen LogP contribution in [0.5, 0.6) is 5.75 Å². The minimum absolute atomic E-state index is 0.0000691. The number of rotatable bonds is 8. The maximum absolute atomic E-state index is 13.8. The highest BCUT2D eigenvalue weighted by Gasteiger charge is 2.46. The van der Waals surface area contributed by atoms with E-state index in [0.29, 0.717) is 33.4 Å². The fourth-order valence-electron chi connectivity index (χ4n) is 9.95. The third-order valence-corrected chi connectivity index (χ3v) is 13.4. The number of anilines is 2. The van der Waals surface area contributed by atoms with Crippen LogP contribution in [0.1, 0.15) is 88.0 Å². The zero-order valence-corrected chi connectivity index (χ0v) is 33.0. The summed E-state index contributed by atoms with van der Waals surface area (Å²) in [6, 6.07) is 20.0. The van der Waals surface area contributed by atoms with Gasteiger partial charge in [-0.05, 0) is 92.6 Å². The van der Waals surface area contributed by atoms with Crippen LogP contribution in [0.25, 0.3) is 0 Å². The molecule has 6 aliphatic heterocycles. The Bertz CT molecular complexity index is 2180. The highest BCUT2D eigenvalue weighted by atomic mass is 35.5. The quantitative estimate of drug-likeness (QED) is 0.313. The van der Waals surface area contributed by atoms with Crippen LogP contribution >= 0.6 is 11.6 Å². The minimum atomic E-state index is -0.969. The lowest BCUT2D eigenvalue weighted by atomic mass is 9.95. The lowest BCUT2D eigenvalue weighted by Gasteiger charge is -2.40. The van der Waals surface area contributed by atoms with Crippen molar-refractivity contribution in [1.29, 1.82) is 5.26 Å². The molecule has 6 heterocycles. The second-order valence-corrected chi connectivity index (χ2v) is 16.9.